The Bertz CT molecular complexity index is 1000. The number of hydrogen-bond acceptors (Lipinski definition) is 5. The Morgan fingerprint density at radius 3 is 2.36 bits per heavy atom. The van der Waals surface area contributed by atoms with E-state index in [1.165, 1.54) is 12.3 Å². The van der Waals surface area contributed by atoms with Crippen molar-refractivity contribution in [1.82, 2.24) is 9.38 Å². The number of aromatic nitrogens is 2. The van der Waals surface area contributed by atoms with Gasteiger partial charge in [0.1, 0.15) is 6.54 Å². The second-order valence-electron chi connectivity index (χ2n) is 5.43. The highest BCUT2D eigenvalue weighted by molar-refractivity contribution is 7.15. The molecule has 5 nitrogen and oxygen atoms in total. The van der Waals surface area contributed by atoms with E-state index in [1.54, 1.807) is 0 Å². The van der Waals surface area contributed by atoms with E-state index in [0.717, 1.165) is 15.7 Å². The van der Waals surface area contributed by atoms with Crippen LogP contribution < -0.4 is 11.3 Å². The van der Waals surface area contributed by atoms with Crippen LogP contribution in [0.2, 0.25) is 0 Å². The summed E-state index contributed by atoms with van der Waals surface area (Å²) in [6.07, 6.45) is -10.3. The zero-order valence-corrected chi connectivity index (χ0v) is 14.5. The average molecular weight is 434 g/mol. The van der Waals surface area contributed by atoms with Crippen LogP contribution in [0.3, 0.4) is 0 Å². The molecule has 0 radical (unpaired) electrons. The summed E-state index contributed by atoms with van der Waals surface area (Å²) in [7, 11) is 0. The molecule has 2 rings (SSSR count). The van der Waals surface area contributed by atoms with E-state index >= 15 is 0 Å². The van der Waals surface area contributed by atoms with Gasteiger partial charge in [0.2, 0.25) is 0 Å². The first-order chi connectivity index (χ1) is 12.7. The number of allylic oxidation sites excluding steroid dienone is 1. The summed E-state index contributed by atoms with van der Waals surface area (Å²) >= 11 is 0.754. The van der Waals surface area contributed by atoms with Crippen LogP contribution in [0.1, 0.15) is 17.0 Å². The number of thiazole rings is 1. The van der Waals surface area contributed by atoms with Crippen LogP contribution in [-0.4, -0.2) is 34.2 Å². The van der Waals surface area contributed by atoms with Crippen LogP contribution in [0.5, 0.6) is 0 Å². The van der Waals surface area contributed by atoms with Crippen molar-refractivity contribution in [3.63, 3.8) is 0 Å². The lowest BCUT2D eigenvalue weighted by molar-refractivity contribution is -0.276. The molecule has 0 spiro atoms. The molecule has 0 aliphatic carbocycles. The molecule has 0 aliphatic rings. The SMILES string of the molecule is Cc1csc2nc(C(F)(F)F)c(/C(C=NCC(F)(F)C(F)(F)F)=C/N)c(=O)n12. The average Bonchev–Trinajstić information content (AvgIpc) is 2.91. The molecular formula is C14H10F8N4OS. The number of aryl methyl sites for hydroxylation is 1. The fraction of sp³-hybridized carbons (Fsp3) is 0.357. The summed E-state index contributed by atoms with van der Waals surface area (Å²) in [5, 5.41) is 1.36. The van der Waals surface area contributed by atoms with E-state index in [2.05, 4.69) is 9.98 Å². The van der Waals surface area contributed by atoms with Crippen molar-refractivity contribution in [2.24, 2.45) is 10.7 Å². The molecule has 0 saturated heterocycles. The van der Waals surface area contributed by atoms with Crippen LogP contribution in [-0.2, 0) is 6.18 Å². The third-order valence-electron chi connectivity index (χ3n) is 3.41. The third kappa shape index (κ3) is 4.00. The minimum atomic E-state index is -5.90. The first-order valence-corrected chi connectivity index (χ1v) is 8.03. The molecule has 0 aliphatic heterocycles. The fourth-order valence-corrected chi connectivity index (χ4v) is 2.94. The molecule has 0 bridgehead atoms. The summed E-state index contributed by atoms with van der Waals surface area (Å²) < 4.78 is 103. The number of nitrogens with two attached hydrogens (primary N) is 1. The molecule has 2 aromatic heterocycles. The Hall–Kier alpha value is -2.51. The van der Waals surface area contributed by atoms with E-state index in [1.807, 2.05) is 0 Å². The summed E-state index contributed by atoms with van der Waals surface area (Å²) in [6, 6.07) is 0. The molecule has 2 N–H and O–H groups in total. The van der Waals surface area contributed by atoms with Crippen LogP contribution in [0.15, 0.2) is 21.4 Å². The van der Waals surface area contributed by atoms with Crippen molar-refractivity contribution >= 4 is 28.1 Å². The second kappa shape index (κ2) is 7.14. The predicted octanol–water partition coefficient (Wildman–Crippen LogP) is 3.65. The maximum Gasteiger partial charge on any atom is 0.455 e. The van der Waals surface area contributed by atoms with Gasteiger partial charge in [-0.25, -0.2) is 4.98 Å². The van der Waals surface area contributed by atoms with E-state index in [9.17, 15) is 39.9 Å². The van der Waals surface area contributed by atoms with Crippen LogP contribution in [0, 0.1) is 6.92 Å². The van der Waals surface area contributed by atoms with E-state index in [4.69, 9.17) is 5.73 Å². The maximum absolute atomic E-state index is 13.3. The Labute approximate surface area is 154 Å². The van der Waals surface area contributed by atoms with Crippen LogP contribution in [0.25, 0.3) is 10.5 Å². The van der Waals surface area contributed by atoms with E-state index in [-0.39, 0.29) is 16.9 Å². The summed E-state index contributed by atoms with van der Waals surface area (Å²) in [5.41, 5.74) is 0.612. The molecule has 0 fully saturated rings. The van der Waals surface area contributed by atoms with Crippen molar-refractivity contribution in [3.05, 3.63) is 38.9 Å². The van der Waals surface area contributed by atoms with Gasteiger partial charge in [0.05, 0.1) is 5.56 Å². The van der Waals surface area contributed by atoms with Gasteiger partial charge in [0, 0.05) is 29.1 Å². The molecule has 0 unspecified atom stereocenters. The summed E-state index contributed by atoms with van der Waals surface area (Å²) in [5.74, 6) is -5.21. The quantitative estimate of drug-likeness (QED) is 0.590. The van der Waals surface area contributed by atoms with Crippen molar-refractivity contribution in [2.75, 3.05) is 6.54 Å². The first kappa shape index (κ1) is 21.8. The Morgan fingerprint density at radius 2 is 1.86 bits per heavy atom. The number of alkyl halides is 8. The molecule has 0 aromatic carbocycles. The zero-order chi connectivity index (χ0) is 21.5. The number of aliphatic imine (C=N–C) groups is 1. The third-order valence-corrected chi connectivity index (χ3v) is 4.36. The number of hydrogen-bond donors (Lipinski definition) is 1. The molecule has 0 saturated carbocycles. The minimum absolute atomic E-state index is 0.240. The first-order valence-electron chi connectivity index (χ1n) is 7.15. The van der Waals surface area contributed by atoms with Gasteiger partial charge in [0.15, 0.2) is 10.7 Å². The predicted molar refractivity (Wildman–Crippen MR) is 85.6 cm³/mol. The van der Waals surface area contributed by atoms with Crippen LogP contribution >= 0.6 is 11.3 Å². The normalized spacial score (nSPS) is 14.4. The second-order valence-corrected chi connectivity index (χ2v) is 6.26. The highest BCUT2D eigenvalue weighted by Gasteiger charge is 2.57. The lowest BCUT2D eigenvalue weighted by Gasteiger charge is -2.17. The maximum atomic E-state index is 13.3. The monoisotopic (exact) mass is 434 g/mol. The van der Waals surface area contributed by atoms with E-state index < -0.39 is 47.2 Å². The molecule has 0 atom stereocenters. The molecule has 14 heteroatoms. The number of nitrogens with zero attached hydrogens (tertiary/aromatic N) is 3. The molecule has 154 valence electrons. The minimum Gasteiger partial charge on any atom is -0.404 e. The Kier molecular flexibility index (Phi) is 5.56. The van der Waals surface area contributed by atoms with Gasteiger partial charge >= 0.3 is 18.3 Å². The van der Waals surface area contributed by atoms with Crippen molar-refractivity contribution < 1.29 is 35.1 Å². The molecule has 0 amide bonds. The smallest absolute Gasteiger partial charge is 0.404 e. The van der Waals surface area contributed by atoms with Gasteiger partial charge in [-0.3, -0.25) is 14.2 Å². The number of halogens is 8. The van der Waals surface area contributed by atoms with Crippen molar-refractivity contribution in [2.45, 2.75) is 25.2 Å². The van der Waals surface area contributed by atoms with Gasteiger partial charge in [-0.1, -0.05) is 0 Å². The highest BCUT2D eigenvalue weighted by atomic mass is 32.1. The standard InChI is InChI=1S/C14H10F8N4OS/c1-6-4-28-11-25-9(13(17,18)19)8(10(27)26(6)11)7(2-23)3-24-5-12(15,16)14(20,21)22/h2-4H,5,23H2,1H3/b7-2+,24-3?. The van der Waals surface area contributed by atoms with E-state index in [0.29, 0.717) is 6.20 Å². The molecule has 28 heavy (non-hydrogen) atoms. The summed E-state index contributed by atoms with van der Waals surface area (Å²) in [4.78, 5) is 18.4. The lowest BCUT2D eigenvalue weighted by atomic mass is 10.1. The largest absolute Gasteiger partial charge is 0.455 e. The topological polar surface area (TPSA) is 72.8 Å². The lowest BCUT2D eigenvalue weighted by Crippen LogP contribution is -2.39. The van der Waals surface area contributed by atoms with Gasteiger partial charge < -0.3 is 5.73 Å². The van der Waals surface area contributed by atoms with Gasteiger partial charge in [-0.2, -0.15) is 35.1 Å². The van der Waals surface area contributed by atoms with Gasteiger partial charge in [-0.05, 0) is 6.92 Å². The molecular weight excluding hydrogens is 424 g/mol. The fourth-order valence-electron chi connectivity index (χ4n) is 2.09. The number of rotatable bonds is 4. The summed E-state index contributed by atoms with van der Waals surface area (Å²) in [6.45, 7) is -0.683. The van der Waals surface area contributed by atoms with Crippen molar-refractivity contribution in [3.8, 4) is 0 Å². The van der Waals surface area contributed by atoms with Gasteiger partial charge in [-0.15, -0.1) is 11.3 Å². The Morgan fingerprint density at radius 1 is 1.25 bits per heavy atom. The Balaban J connectivity index is 2.61. The molecule has 2 aromatic rings. The molecule has 2 heterocycles. The van der Waals surface area contributed by atoms with Crippen molar-refractivity contribution in [1.29, 1.82) is 0 Å². The van der Waals surface area contributed by atoms with Crippen LogP contribution in [0.4, 0.5) is 35.1 Å². The van der Waals surface area contributed by atoms with Gasteiger partial charge in [0.25, 0.3) is 5.56 Å². The number of fused-ring (bicyclic) bond motifs is 1. The highest BCUT2D eigenvalue weighted by Crippen LogP contribution is 2.36. The zero-order valence-electron chi connectivity index (χ0n) is 13.7.